The highest BCUT2D eigenvalue weighted by Gasteiger charge is 2.52. The molecular weight excluding hydrogens is 380 g/mol. The molecule has 148 valence electrons. The van der Waals surface area contributed by atoms with Crippen LogP contribution in [0, 0.1) is 0 Å². The molecule has 6 heteroatoms. The maximum Gasteiger partial charge on any atom is 0.261 e. The number of hydrogen-bond donors (Lipinski definition) is 1. The molecule has 3 aliphatic heterocycles. The van der Waals surface area contributed by atoms with Gasteiger partial charge in [0.15, 0.2) is 11.6 Å². The van der Waals surface area contributed by atoms with Crippen molar-refractivity contribution in [2.45, 2.75) is 18.5 Å². The zero-order valence-corrected chi connectivity index (χ0v) is 16.2. The number of carbonyl (C=O) groups is 4. The molecule has 0 radical (unpaired) electrons. The zero-order valence-electron chi connectivity index (χ0n) is 16.2. The summed E-state index contributed by atoms with van der Waals surface area (Å²) in [5, 5.41) is 3.25. The van der Waals surface area contributed by atoms with Crippen LogP contribution in [0.2, 0.25) is 0 Å². The monoisotopic (exact) mass is 398 g/mol. The molecule has 2 bridgehead atoms. The minimum Gasteiger partial charge on any atom is -0.303 e. The quantitative estimate of drug-likeness (QED) is 0.630. The molecule has 0 saturated carbocycles. The van der Waals surface area contributed by atoms with Crippen molar-refractivity contribution in [3.8, 4) is 0 Å². The Bertz CT molecular complexity index is 1080. The number of ketones is 2. The van der Waals surface area contributed by atoms with Crippen LogP contribution < -0.4 is 5.32 Å². The van der Waals surface area contributed by atoms with Crippen molar-refractivity contribution in [3.63, 3.8) is 0 Å². The number of likely N-dealkylation sites (tertiary alicyclic amines) is 1. The topological polar surface area (TPSA) is 83.6 Å². The van der Waals surface area contributed by atoms with E-state index in [1.165, 1.54) is 7.05 Å². The van der Waals surface area contributed by atoms with Crippen molar-refractivity contribution >= 4 is 23.4 Å². The van der Waals surface area contributed by atoms with Crippen LogP contribution in [0.5, 0.6) is 0 Å². The van der Waals surface area contributed by atoms with Crippen molar-refractivity contribution in [1.82, 2.24) is 10.2 Å². The number of benzene rings is 2. The van der Waals surface area contributed by atoms with Gasteiger partial charge in [-0.15, -0.1) is 0 Å². The number of nitrogens with zero attached hydrogens (tertiary/aromatic N) is 1. The molecule has 6 nitrogen and oxygen atoms in total. The molecular formula is C24H18N2O4. The number of amides is 2. The third-order valence-electron chi connectivity index (χ3n) is 5.96. The molecule has 0 aromatic heterocycles. The number of rotatable bonds is 4. The number of Topliss-reactive ketones (excluding diaryl/α,β-unsaturated/α-hetero) is 2. The molecule has 3 heterocycles. The second kappa shape index (κ2) is 6.71. The van der Waals surface area contributed by atoms with E-state index in [0.29, 0.717) is 17.5 Å². The molecule has 2 aromatic rings. The van der Waals surface area contributed by atoms with E-state index in [1.807, 2.05) is 0 Å². The molecule has 4 aliphatic rings. The van der Waals surface area contributed by atoms with Gasteiger partial charge in [0, 0.05) is 41.4 Å². The van der Waals surface area contributed by atoms with Crippen molar-refractivity contribution in [3.05, 3.63) is 94.1 Å². The van der Waals surface area contributed by atoms with Crippen LogP contribution in [-0.2, 0) is 9.59 Å². The zero-order chi connectivity index (χ0) is 21.0. The number of imide groups is 1. The second-order valence-electron chi connectivity index (χ2n) is 7.64. The summed E-state index contributed by atoms with van der Waals surface area (Å²) in [6.07, 6.45) is 0.485. The Morgan fingerprint density at radius 2 is 1.13 bits per heavy atom. The van der Waals surface area contributed by atoms with Gasteiger partial charge in [-0.25, -0.2) is 0 Å². The first kappa shape index (κ1) is 18.4. The van der Waals surface area contributed by atoms with Gasteiger partial charge in [-0.05, 0) is 6.42 Å². The maximum absolute atomic E-state index is 13.3. The Morgan fingerprint density at radius 1 is 0.767 bits per heavy atom. The Morgan fingerprint density at radius 3 is 1.50 bits per heavy atom. The van der Waals surface area contributed by atoms with Crippen LogP contribution in [0.1, 0.15) is 27.1 Å². The van der Waals surface area contributed by atoms with Crippen LogP contribution in [0.15, 0.2) is 83.0 Å². The SMILES string of the molecule is CN1C(=O)C2=C(C(=O)c3ccccc3)C3CC(N3)C(C(=O)c3ccccc3)=C2C1=O. The Balaban J connectivity index is 1.75. The van der Waals surface area contributed by atoms with Crippen molar-refractivity contribution < 1.29 is 19.2 Å². The van der Waals surface area contributed by atoms with Gasteiger partial charge in [0.25, 0.3) is 11.8 Å². The maximum atomic E-state index is 13.3. The first-order chi connectivity index (χ1) is 14.5. The van der Waals surface area contributed by atoms with E-state index in [1.54, 1.807) is 60.7 Å². The third-order valence-corrected chi connectivity index (χ3v) is 5.96. The van der Waals surface area contributed by atoms with Crippen LogP contribution >= 0.6 is 0 Å². The summed E-state index contributed by atoms with van der Waals surface area (Å²) >= 11 is 0. The van der Waals surface area contributed by atoms with E-state index in [0.717, 1.165) is 4.90 Å². The van der Waals surface area contributed by atoms with E-state index >= 15 is 0 Å². The third kappa shape index (κ3) is 2.54. The van der Waals surface area contributed by atoms with Gasteiger partial charge < -0.3 is 5.32 Å². The molecule has 2 saturated heterocycles. The minimum absolute atomic E-state index is 0.0631. The summed E-state index contributed by atoms with van der Waals surface area (Å²) in [4.78, 5) is 53.8. The highest BCUT2D eigenvalue weighted by atomic mass is 16.2. The van der Waals surface area contributed by atoms with Gasteiger partial charge in [-0.3, -0.25) is 24.1 Å². The van der Waals surface area contributed by atoms with E-state index in [-0.39, 0.29) is 45.9 Å². The predicted octanol–water partition coefficient (Wildman–Crippen LogP) is 2.09. The molecule has 2 unspecified atom stereocenters. The molecule has 2 aromatic carbocycles. The van der Waals surface area contributed by atoms with Gasteiger partial charge in [0.05, 0.1) is 11.1 Å². The molecule has 6 rings (SSSR count). The average molecular weight is 398 g/mol. The number of likely N-dealkylation sites (N-methyl/N-ethyl adjacent to an activating group) is 1. The first-order valence-corrected chi connectivity index (χ1v) is 9.75. The van der Waals surface area contributed by atoms with Crippen molar-refractivity contribution in [1.29, 1.82) is 0 Å². The van der Waals surface area contributed by atoms with Gasteiger partial charge in [-0.1, -0.05) is 60.7 Å². The van der Waals surface area contributed by atoms with E-state index < -0.39 is 11.8 Å². The summed E-state index contributed by atoms with van der Waals surface area (Å²) in [6, 6.07) is 16.6. The molecule has 0 spiro atoms. The normalized spacial score (nSPS) is 22.6. The number of carbonyl (C=O) groups excluding carboxylic acids is 4. The average Bonchev–Trinajstić information content (AvgIpc) is 2.91. The molecule has 30 heavy (non-hydrogen) atoms. The van der Waals surface area contributed by atoms with Crippen molar-refractivity contribution in [2.75, 3.05) is 7.05 Å². The number of nitrogens with one attached hydrogen (secondary N) is 1. The molecule has 2 fully saturated rings. The first-order valence-electron chi connectivity index (χ1n) is 9.75. The lowest BCUT2D eigenvalue weighted by molar-refractivity contribution is -0.134. The van der Waals surface area contributed by atoms with Crippen molar-refractivity contribution in [2.24, 2.45) is 0 Å². The van der Waals surface area contributed by atoms with Gasteiger partial charge in [0.1, 0.15) is 0 Å². The van der Waals surface area contributed by atoms with Crippen LogP contribution in [0.25, 0.3) is 0 Å². The van der Waals surface area contributed by atoms with Gasteiger partial charge in [-0.2, -0.15) is 0 Å². The highest BCUT2D eigenvalue weighted by Crippen LogP contribution is 2.42. The predicted molar refractivity (Wildman–Crippen MR) is 109 cm³/mol. The Kier molecular flexibility index (Phi) is 4.11. The van der Waals surface area contributed by atoms with Crippen LogP contribution in [-0.4, -0.2) is 47.4 Å². The summed E-state index contributed by atoms with van der Waals surface area (Å²) in [5.41, 5.74) is 1.55. The summed E-state index contributed by atoms with van der Waals surface area (Å²) in [5.74, 6) is -1.68. The molecule has 2 amide bonds. The lowest BCUT2D eigenvalue weighted by atomic mass is 9.83. The van der Waals surface area contributed by atoms with E-state index in [2.05, 4.69) is 5.32 Å². The summed E-state index contributed by atoms with van der Waals surface area (Å²) in [6.45, 7) is 0. The lowest BCUT2D eigenvalue weighted by Crippen LogP contribution is -2.55. The fourth-order valence-corrected chi connectivity index (χ4v) is 4.38. The van der Waals surface area contributed by atoms with Crippen LogP contribution in [0.4, 0.5) is 0 Å². The summed E-state index contributed by atoms with van der Waals surface area (Å²) in [7, 11) is 1.38. The van der Waals surface area contributed by atoms with Crippen LogP contribution in [0.3, 0.4) is 0 Å². The second-order valence-corrected chi connectivity index (χ2v) is 7.64. The number of hydrogen-bond acceptors (Lipinski definition) is 5. The standard InChI is InChI=1S/C24H18N2O4/c1-26-23(29)19-17(21(27)13-8-4-2-5-9-13)15-12-16(25-15)18(20(19)24(26)30)22(28)14-10-6-3-7-11-14/h2-11,15-16,25H,12H2,1H3. The highest BCUT2D eigenvalue weighted by molar-refractivity contribution is 6.32. The van der Waals surface area contributed by atoms with E-state index in [4.69, 9.17) is 0 Å². The van der Waals surface area contributed by atoms with Gasteiger partial charge in [0.2, 0.25) is 0 Å². The fraction of sp³-hybridized carbons (Fsp3) is 0.167. The largest absolute Gasteiger partial charge is 0.303 e. The lowest BCUT2D eigenvalue weighted by Gasteiger charge is -2.38. The minimum atomic E-state index is -0.540. The van der Waals surface area contributed by atoms with E-state index in [9.17, 15) is 19.2 Å². The molecule has 1 aliphatic carbocycles. The fourth-order valence-electron chi connectivity index (χ4n) is 4.38. The molecule has 1 N–H and O–H groups in total. The molecule has 2 atom stereocenters. The van der Waals surface area contributed by atoms with Gasteiger partial charge >= 0.3 is 0 Å². The summed E-state index contributed by atoms with van der Waals surface area (Å²) < 4.78 is 0. The Hall–Kier alpha value is -3.64. The smallest absolute Gasteiger partial charge is 0.261 e. The Labute approximate surface area is 172 Å².